The molecule has 1 fully saturated rings. The molecule has 0 atom stereocenters. The maximum absolute atomic E-state index is 12.4. The lowest BCUT2D eigenvalue weighted by Crippen LogP contribution is -2.33. The van der Waals surface area contributed by atoms with E-state index in [1.54, 1.807) is 0 Å². The minimum absolute atomic E-state index is 0.0389. The molecule has 19 heavy (non-hydrogen) atoms. The molecule has 1 aliphatic carbocycles. The molecule has 0 unspecified atom stereocenters. The van der Waals surface area contributed by atoms with Crippen LogP contribution in [0.25, 0.3) is 0 Å². The zero-order chi connectivity index (χ0) is 13.7. The fourth-order valence-electron chi connectivity index (χ4n) is 2.15. The van der Waals surface area contributed by atoms with Crippen LogP contribution in [-0.4, -0.2) is 29.9 Å². The minimum Gasteiger partial charge on any atom is -0.335 e. The van der Waals surface area contributed by atoms with E-state index < -0.39 is 0 Å². The van der Waals surface area contributed by atoms with Crippen molar-refractivity contribution in [2.45, 2.75) is 31.7 Å². The van der Waals surface area contributed by atoms with Gasteiger partial charge < -0.3 is 10.6 Å². The van der Waals surface area contributed by atoms with Crippen LogP contribution in [0, 0.1) is 11.3 Å². The Balaban J connectivity index is 2.06. The molecule has 1 aromatic rings. The summed E-state index contributed by atoms with van der Waals surface area (Å²) in [6, 6.07) is 10.1. The van der Waals surface area contributed by atoms with Gasteiger partial charge >= 0.3 is 0 Å². The van der Waals surface area contributed by atoms with Crippen molar-refractivity contribution in [3.63, 3.8) is 0 Å². The number of hydrogen-bond acceptors (Lipinski definition) is 3. The second kappa shape index (κ2) is 6.35. The second-order valence-corrected chi connectivity index (χ2v) is 4.87. The molecule has 2 rings (SSSR count). The summed E-state index contributed by atoms with van der Waals surface area (Å²) in [7, 11) is 0. The van der Waals surface area contributed by atoms with Crippen molar-refractivity contribution in [2.24, 2.45) is 5.73 Å². The van der Waals surface area contributed by atoms with Gasteiger partial charge in [-0.1, -0.05) is 12.1 Å². The molecule has 0 bridgehead atoms. The van der Waals surface area contributed by atoms with Crippen LogP contribution in [-0.2, 0) is 6.42 Å². The largest absolute Gasteiger partial charge is 0.335 e. The van der Waals surface area contributed by atoms with E-state index in [2.05, 4.69) is 6.07 Å². The van der Waals surface area contributed by atoms with Crippen molar-refractivity contribution in [1.82, 2.24) is 4.90 Å². The molecule has 0 heterocycles. The third-order valence-electron chi connectivity index (χ3n) is 3.35. The van der Waals surface area contributed by atoms with Crippen molar-refractivity contribution in [3.05, 3.63) is 35.4 Å². The Morgan fingerprint density at radius 3 is 2.58 bits per heavy atom. The molecule has 4 heteroatoms. The van der Waals surface area contributed by atoms with Crippen molar-refractivity contribution in [1.29, 1.82) is 5.26 Å². The zero-order valence-electron chi connectivity index (χ0n) is 11.0. The Labute approximate surface area is 113 Å². The molecule has 1 amide bonds. The highest BCUT2D eigenvalue weighted by Crippen LogP contribution is 2.28. The molecule has 100 valence electrons. The molecular formula is C15H19N3O. The molecule has 0 aliphatic heterocycles. The van der Waals surface area contributed by atoms with Gasteiger partial charge in [0.25, 0.3) is 5.91 Å². The maximum Gasteiger partial charge on any atom is 0.254 e. The first kappa shape index (κ1) is 13.6. The number of rotatable bonds is 6. The lowest BCUT2D eigenvalue weighted by molar-refractivity contribution is 0.0747. The molecule has 4 nitrogen and oxygen atoms in total. The van der Waals surface area contributed by atoms with Gasteiger partial charge in [0, 0.05) is 18.2 Å². The van der Waals surface area contributed by atoms with Gasteiger partial charge in [0.05, 0.1) is 12.5 Å². The van der Waals surface area contributed by atoms with E-state index in [4.69, 9.17) is 11.0 Å². The Hall–Kier alpha value is -1.86. The smallest absolute Gasteiger partial charge is 0.254 e. The summed E-state index contributed by atoms with van der Waals surface area (Å²) in [5.74, 6) is 0.0389. The van der Waals surface area contributed by atoms with Crippen LogP contribution in [0.1, 0.15) is 35.2 Å². The average Bonchev–Trinajstić information content (AvgIpc) is 3.25. The topological polar surface area (TPSA) is 70.1 Å². The lowest BCUT2D eigenvalue weighted by atomic mass is 10.1. The number of nitrogens with zero attached hydrogens (tertiary/aromatic N) is 2. The third kappa shape index (κ3) is 3.55. The summed E-state index contributed by atoms with van der Waals surface area (Å²) in [5, 5.41) is 8.67. The Kier molecular flexibility index (Phi) is 4.53. The van der Waals surface area contributed by atoms with Gasteiger partial charge in [-0.25, -0.2) is 0 Å². The highest BCUT2D eigenvalue weighted by atomic mass is 16.2. The molecule has 2 N–H and O–H groups in total. The van der Waals surface area contributed by atoms with Crippen molar-refractivity contribution in [2.75, 3.05) is 13.1 Å². The number of amides is 1. The first-order valence-electron chi connectivity index (χ1n) is 6.73. The van der Waals surface area contributed by atoms with E-state index in [1.165, 1.54) is 0 Å². The number of carbonyl (C=O) groups is 1. The molecule has 1 saturated carbocycles. The van der Waals surface area contributed by atoms with Crippen LogP contribution in [0.3, 0.4) is 0 Å². The fourth-order valence-corrected chi connectivity index (χ4v) is 2.15. The van der Waals surface area contributed by atoms with Crippen LogP contribution in [0.15, 0.2) is 24.3 Å². The van der Waals surface area contributed by atoms with Gasteiger partial charge in [0.2, 0.25) is 0 Å². The Morgan fingerprint density at radius 1 is 1.37 bits per heavy atom. The molecular weight excluding hydrogens is 238 g/mol. The summed E-state index contributed by atoms with van der Waals surface area (Å²) < 4.78 is 0. The van der Waals surface area contributed by atoms with Gasteiger partial charge in [-0.3, -0.25) is 4.79 Å². The van der Waals surface area contributed by atoms with Crippen molar-refractivity contribution in [3.8, 4) is 6.07 Å². The van der Waals surface area contributed by atoms with E-state index in [-0.39, 0.29) is 5.91 Å². The summed E-state index contributed by atoms with van der Waals surface area (Å²) in [5.41, 5.74) is 7.35. The predicted molar refractivity (Wildman–Crippen MR) is 73.5 cm³/mol. The molecule has 0 aromatic heterocycles. The van der Waals surface area contributed by atoms with E-state index in [0.29, 0.717) is 31.1 Å². The number of carbonyl (C=O) groups excluding carboxylic acids is 1. The Morgan fingerprint density at radius 2 is 2.05 bits per heavy atom. The van der Waals surface area contributed by atoms with Crippen molar-refractivity contribution >= 4 is 5.91 Å². The normalized spacial score (nSPS) is 13.9. The second-order valence-electron chi connectivity index (χ2n) is 4.87. The van der Waals surface area contributed by atoms with Gasteiger partial charge in [0.1, 0.15) is 0 Å². The Bertz CT molecular complexity index is 471. The molecule has 1 aliphatic rings. The van der Waals surface area contributed by atoms with E-state index in [1.807, 2.05) is 29.2 Å². The van der Waals surface area contributed by atoms with Gasteiger partial charge in [-0.15, -0.1) is 0 Å². The quantitative estimate of drug-likeness (QED) is 0.843. The lowest BCUT2D eigenvalue weighted by Gasteiger charge is -2.21. The number of hydrogen-bond donors (Lipinski definition) is 1. The van der Waals surface area contributed by atoms with E-state index in [0.717, 1.165) is 24.8 Å². The van der Waals surface area contributed by atoms with Crippen LogP contribution in [0.2, 0.25) is 0 Å². The summed E-state index contributed by atoms with van der Waals surface area (Å²) >= 11 is 0. The van der Waals surface area contributed by atoms with E-state index >= 15 is 0 Å². The van der Waals surface area contributed by atoms with Crippen LogP contribution < -0.4 is 5.73 Å². The molecule has 0 saturated heterocycles. The SMILES string of the molecule is N#CCCN(C(=O)c1ccc(CCN)cc1)C1CC1. The highest BCUT2D eigenvalue weighted by molar-refractivity contribution is 5.94. The van der Waals surface area contributed by atoms with Crippen LogP contribution in [0.5, 0.6) is 0 Å². The van der Waals surface area contributed by atoms with E-state index in [9.17, 15) is 4.79 Å². The third-order valence-corrected chi connectivity index (χ3v) is 3.35. The summed E-state index contributed by atoms with van der Waals surface area (Å²) in [4.78, 5) is 14.2. The maximum atomic E-state index is 12.4. The number of nitriles is 1. The monoisotopic (exact) mass is 257 g/mol. The standard InChI is InChI=1S/C15H19N3O/c16-9-1-11-18(14-6-7-14)15(19)13-4-2-12(3-5-13)8-10-17/h2-5,14H,1,6-8,10-11,17H2. The van der Waals surface area contributed by atoms with Gasteiger partial charge in [-0.05, 0) is 43.5 Å². The summed E-state index contributed by atoms with van der Waals surface area (Å²) in [6.07, 6.45) is 3.34. The highest BCUT2D eigenvalue weighted by Gasteiger charge is 2.32. The summed E-state index contributed by atoms with van der Waals surface area (Å²) in [6.45, 7) is 1.15. The fraction of sp³-hybridized carbons (Fsp3) is 0.467. The predicted octanol–water partition coefficient (Wildman–Crippen LogP) is 1.71. The van der Waals surface area contributed by atoms with Crippen LogP contribution >= 0.6 is 0 Å². The number of benzene rings is 1. The van der Waals surface area contributed by atoms with Gasteiger partial charge in [0.15, 0.2) is 0 Å². The molecule has 0 radical (unpaired) electrons. The first-order chi connectivity index (χ1) is 9.26. The van der Waals surface area contributed by atoms with Gasteiger partial charge in [-0.2, -0.15) is 5.26 Å². The molecule has 0 spiro atoms. The molecule has 1 aromatic carbocycles. The van der Waals surface area contributed by atoms with Crippen LogP contribution in [0.4, 0.5) is 0 Å². The first-order valence-corrected chi connectivity index (χ1v) is 6.73. The minimum atomic E-state index is 0.0389. The number of nitrogens with two attached hydrogens (primary N) is 1. The average molecular weight is 257 g/mol. The zero-order valence-corrected chi connectivity index (χ0v) is 11.0. The van der Waals surface area contributed by atoms with Crippen molar-refractivity contribution < 1.29 is 4.79 Å².